The molecule has 1 aliphatic heterocycles. The Balaban J connectivity index is 1.69. The Morgan fingerprint density at radius 1 is 1.35 bits per heavy atom. The van der Waals surface area contributed by atoms with Gasteiger partial charge in [-0.05, 0) is 36.8 Å². The van der Waals surface area contributed by atoms with Crippen molar-refractivity contribution < 1.29 is 9.90 Å². The van der Waals surface area contributed by atoms with Crippen molar-refractivity contribution in [3.05, 3.63) is 54.7 Å². The van der Waals surface area contributed by atoms with Gasteiger partial charge in [0.15, 0.2) is 5.65 Å². The normalized spacial score (nSPS) is 19.8. The Morgan fingerprint density at radius 2 is 2.15 bits per heavy atom. The Morgan fingerprint density at radius 3 is 2.92 bits per heavy atom. The van der Waals surface area contributed by atoms with Crippen molar-refractivity contribution in [3.8, 4) is 17.0 Å². The van der Waals surface area contributed by atoms with Crippen LogP contribution in [-0.2, 0) is 10.2 Å². The van der Waals surface area contributed by atoms with Crippen molar-refractivity contribution in [2.45, 2.75) is 18.8 Å². The first-order valence-electron chi connectivity index (χ1n) is 8.57. The highest BCUT2D eigenvalue weighted by Gasteiger charge is 2.38. The van der Waals surface area contributed by atoms with Crippen molar-refractivity contribution in [1.29, 1.82) is 0 Å². The van der Waals surface area contributed by atoms with Crippen molar-refractivity contribution in [2.75, 3.05) is 13.1 Å². The predicted molar refractivity (Wildman–Crippen MR) is 99.7 cm³/mol. The van der Waals surface area contributed by atoms with Gasteiger partial charge in [0.2, 0.25) is 5.91 Å². The Labute approximate surface area is 151 Å². The molecule has 1 aromatic carbocycles. The molecule has 2 aromatic heterocycles. The Kier molecular flexibility index (Phi) is 3.76. The number of H-pyrrole nitrogens is 1. The van der Waals surface area contributed by atoms with Crippen LogP contribution in [0.25, 0.3) is 22.3 Å². The van der Waals surface area contributed by atoms with E-state index in [-0.39, 0.29) is 17.1 Å². The van der Waals surface area contributed by atoms with E-state index < -0.39 is 0 Å². The molecule has 1 aliphatic rings. The number of likely N-dealkylation sites (tertiary alicyclic amines) is 1. The number of benzene rings is 1. The molecule has 1 atom stereocenters. The first-order chi connectivity index (χ1) is 12.5. The van der Waals surface area contributed by atoms with Gasteiger partial charge in [-0.15, -0.1) is 10.2 Å². The van der Waals surface area contributed by atoms with Crippen molar-refractivity contribution in [3.63, 3.8) is 0 Å². The molecule has 3 heterocycles. The molecule has 0 aliphatic carbocycles. The number of nitrogens with zero attached hydrogens (tertiary/aromatic N) is 3. The second-order valence-electron chi connectivity index (χ2n) is 7.01. The van der Waals surface area contributed by atoms with E-state index in [0.717, 1.165) is 17.5 Å². The molecule has 6 nitrogen and oxygen atoms in total. The van der Waals surface area contributed by atoms with Crippen LogP contribution in [0.5, 0.6) is 5.75 Å². The summed E-state index contributed by atoms with van der Waals surface area (Å²) in [5.41, 5.74) is 2.86. The smallest absolute Gasteiger partial charge is 0.245 e. The van der Waals surface area contributed by atoms with Crippen LogP contribution in [0.4, 0.5) is 0 Å². The number of hydrogen-bond donors (Lipinski definition) is 2. The quantitative estimate of drug-likeness (QED) is 0.713. The van der Waals surface area contributed by atoms with Gasteiger partial charge in [-0.25, -0.2) is 0 Å². The highest BCUT2D eigenvalue weighted by atomic mass is 16.3. The molecule has 26 heavy (non-hydrogen) atoms. The van der Waals surface area contributed by atoms with Crippen LogP contribution < -0.4 is 0 Å². The van der Waals surface area contributed by atoms with Crippen LogP contribution in [0, 0.1) is 0 Å². The van der Waals surface area contributed by atoms with Crippen molar-refractivity contribution >= 4 is 16.9 Å². The summed E-state index contributed by atoms with van der Waals surface area (Å²) in [4.78, 5) is 17.1. The first-order valence-corrected chi connectivity index (χ1v) is 8.57. The minimum atomic E-state index is -0.158. The molecule has 6 heteroatoms. The lowest BCUT2D eigenvalue weighted by Gasteiger charge is -2.23. The molecule has 132 valence electrons. The maximum Gasteiger partial charge on any atom is 0.245 e. The zero-order chi connectivity index (χ0) is 18.3. The fourth-order valence-electron chi connectivity index (χ4n) is 3.58. The highest BCUT2D eigenvalue weighted by molar-refractivity contribution is 5.87. The van der Waals surface area contributed by atoms with Gasteiger partial charge in [0, 0.05) is 35.1 Å². The number of rotatable bonds is 3. The second-order valence-corrected chi connectivity index (χ2v) is 7.01. The lowest BCUT2D eigenvalue weighted by Crippen LogP contribution is -2.31. The van der Waals surface area contributed by atoms with Crippen LogP contribution in [0.15, 0.2) is 49.1 Å². The number of aromatic nitrogens is 3. The number of carbonyl (C=O) groups excluding carboxylic acids is 1. The topological polar surface area (TPSA) is 82.1 Å². The number of phenols is 1. The van der Waals surface area contributed by atoms with E-state index in [1.807, 2.05) is 23.1 Å². The fraction of sp³-hybridized carbons (Fsp3) is 0.250. The van der Waals surface area contributed by atoms with Crippen LogP contribution in [-0.4, -0.2) is 44.2 Å². The highest BCUT2D eigenvalue weighted by Crippen LogP contribution is 2.36. The van der Waals surface area contributed by atoms with Gasteiger partial charge in [-0.2, -0.15) is 0 Å². The molecule has 1 saturated heterocycles. The summed E-state index contributed by atoms with van der Waals surface area (Å²) in [6.45, 7) is 7.07. The SMILES string of the molecule is C=CC(=O)N1CCC(C)(c2cc3cc(-c4ccccc4O)nnc3[nH]2)C1. The molecule has 4 rings (SSSR count). The van der Waals surface area contributed by atoms with Gasteiger partial charge < -0.3 is 15.0 Å². The molecule has 1 fully saturated rings. The lowest BCUT2D eigenvalue weighted by molar-refractivity contribution is -0.125. The zero-order valence-corrected chi connectivity index (χ0v) is 14.6. The average molecular weight is 348 g/mol. The van der Waals surface area contributed by atoms with E-state index in [1.165, 1.54) is 6.08 Å². The summed E-state index contributed by atoms with van der Waals surface area (Å²) in [6, 6.07) is 11.1. The third kappa shape index (κ3) is 2.63. The van der Waals surface area contributed by atoms with Gasteiger partial charge in [0.1, 0.15) is 5.75 Å². The predicted octanol–water partition coefficient (Wildman–Crippen LogP) is 3.01. The van der Waals surface area contributed by atoms with Gasteiger partial charge >= 0.3 is 0 Å². The summed E-state index contributed by atoms with van der Waals surface area (Å²) < 4.78 is 0. The van der Waals surface area contributed by atoms with Gasteiger partial charge in [0.05, 0.1) is 5.69 Å². The monoisotopic (exact) mass is 348 g/mol. The van der Waals surface area contributed by atoms with Crippen molar-refractivity contribution in [2.24, 2.45) is 0 Å². The third-order valence-electron chi connectivity index (χ3n) is 5.17. The number of aromatic amines is 1. The lowest BCUT2D eigenvalue weighted by atomic mass is 9.86. The van der Waals surface area contributed by atoms with E-state index in [2.05, 4.69) is 34.8 Å². The van der Waals surface area contributed by atoms with Crippen LogP contribution in [0.3, 0.4) is 0 Å². The van der Waals surface area contributed by atoms with E-state index in [0.29, 0.717) is 30.0 Å². The molecule has 3 aromatic rings. The minimum absolute atomic E-state index is 0.0357. The number of amides is 1. The maximum atomic E-state index is 11.9. The van der Waals surface area contributed by atoms with E-state index >= 15 is 0 Å². The van der Waals surface area contributed by atoms with Crippen LogP contribution in [0.2, 0.25) is 0 Å². The van der Waals surface area contributed by atoms with Gasteiger partial charge in [-0.3, -0.25) is 4.79 Å². The summed E-state index contributed by atoms with van der Waals surface area (Å²) in [5.74, 6) is 0.143. The third-order valence-corrected chi connectivity index (χ3v) is 5.17. The number of carbonyl (C=O) groups is 1. The molecule has 2 N–H and O–H groups in total. The first kappa shape index (κ1) is 16.3. The minimum Gasteiger partial charge on any atom is -0.507 e. The summed E-state index contributed by atoms with van der Waals surface area (Å²) >= 11 is 0. The number of fused-ring (bicyclic) bond motifs is 1. The molecule has 1 amide bonds. The molecular weight excluding hydrogens is 328 g/mol. The average Bonchev–Trinajstić information content (AvgIpc) is 3.26. The van der Waals surface area contributed by atoms with Gasteiger partial charge in [0.25, 0.3) is 0 Å². The molecule has 0 radical (unpaired) electrons. The van der Waals surface area contributed by atoms with Crippen LogP contribution >= 0.6 is 0 Å². The number of hydrogen-bond acceptors (Lipinski definition) is 4. The Hall–Kier alpha value is -3.15. The van der Waals surface area contributed by atoms with Crippen LogP contribution in [0.1, 0.15) is 19.0 Å². The van der Waals surface area contributed by atoms with E-state index in [1.54, 1.807) is 12.1 Å². The molecule has 0 saturated carbocycles. The summed E-state index contributed by atoms with van der Waals surface area (Å²) in [6.07, 6.45) is 2.24. The number of aromatic hydroxyl groups is 1. The second kappa shape index (κ2) is 5.98. The number of nitrogens with one attached hydrogen (secondary N) is 1. The summed E-state index contributed by atoms with van der Waals surface area (Å²) in [5, 5.41) is 19.5. The number of para-hydroxylation sites is 1. The molecule has 0 spiro atoms. The van der Waals surface area contributed by atoms with E-state index in [9.17, 15) is 9.90 Å². The van der Waals surface area contributed by atoms with Crippen molar-refractivity contribution in [1.82, 2.24) is 20.1 Å². The molecule has 0 bridgehead atoms. The fourth-order valence-corrected chi connectivity index (χ4v) is 3.58. The summed E-state index contributed by atoms with van der Waals surface area (Å²) in [7, 11) is 0. The number of phenolic OH excluding ortho intramolecular Hbond substituents is 1. The maximum absolute atomic E-state index is 11.9. The molecule has 1 unspecified atom stereocenters. The Bertz CT molecular complexity index is 1010. The van der Waals surface area contributed by atoms with E-state index in [4.69, 9.17) is 0 Å². The molecular formula is C20H20N4O2. The largest absolute Gasteiger partial charge is 0.507 e. The standard InChI is InChI=1S/C20H20N4O2/c1-3-18(26)24-9-8-20(2,12-24)17-11-13-10-15(22-23-19(13)21-17)14-6-4-5-7-16(14)25/h3-7,10-11,25H,1,8-9,12H2,2H3,(H,21,23). The zero-order valence-electron chi connectivity index (χ0n) is 14.6. The van der Waals surface area contributed by atoms with Gasteiger partial charge in [-0.1, -0.05) is 25.6 Å².